The van der Waals surface area contributed by atoms with Crippen LogP contribution in [-0.4, -0.2) is 43.8 Å². The molecular formula is C17H23N3O3S3. The van der Waals surface area contributed by atoms with Gasteiger partial charge in [-0.3, -0.25) is 4.79 Å². The molecule has 0 bridgehead atoms. The lowest BCUT2D eigenvalue weighted by atomic mass is 9.98. The third-order valence-corrected chi connectivity index (χ3v) is 8.40. The zero-order valence-electron chi connectivity index (χ0n) is 14.9. The summed E-state index contributed by atoms with van der Waals surface area (Å²) in [5, 5.41) is 2.73. The third-order valence-electron chi connectivity index (χ3n) is 4.51. The summed E-state index contributed by atoms with van der Waals surface area (Å²) >= 11 is 2.78. The third kappa shape index (κ3) is 4.70. The molecule has 3 heterocycles. The van der Waals surface area contributed by atoms with Crippen LogP contribution in [0, 0.1) is 19.8 Å². The number of carbonyl (C=O) groups is 1. The quantitative estimate of drug-likeness (QED) is 0.789. The molecule has 3 rings (SSSR count). The summed E-state index contributed by atoms with van der Waals surface area (Å²) in [5.41, 5.74) is 0.929. The van der Waals surface area contributed by atoms with Gasteiger partial charge < -0.3 is 4.90 Å². The van der Waals surface area contributed by atoms with E-state index in [0.717, 1.165) is 35.0 Å². The van der Waals surface area contributed by atoms with Crippen LogP contribution in [0.2, 0.25) is 0 Å². The molecule has 0 radical (unpaired) electrons. The van der Waals surface area contributed by atoms with Gasteiger partial charge in [0.2, 0.25) is 15.9 Å². The Morgan fingerprint density at radius 2 is 2.23 bits per heavy atom. The molecule has 0 aromatic carbocycles. The molecular weight excluding hydrogens is 390 g/mol. The van der Waals surface area contributed by atoms with Crippen LogP contribution in [0.25, 0.3) is 0 Å². The molecule has 2 aromatic heterocycles. The van der Waals surface area contributed by atoms with Crippen LogP contribution in [0.5, 0.6) is 0 Å². The first-order chi connectivity index (χ1) is 12.3. The lowest BCUT2D eigenvalue weighted by molar-refractivity contribution is -0.132. The highest BCUT2D eigenvalue weighted by Crippen LogP contribution is 2.22. The number of amides is 1. The maximum absolute atomic E-state index is 12.6. The summed E-state index contributed by atoms with van der Waals surface area (Å²) in [6.45, 7) is 5.59. The number of rotatable bonds is 6. The number of thiazole rings is 1. The van der Waals surface area contributed by atoms with E-state index in [0.29, 0.717) is 23.7 Å². The van der Waals surface area contributed by atoms with Gasteiger partial charge in [-0.25, -0.2) is 18.1 Å². The Morgan fingerprint density at radius 1 is 1.42 bits per heavy atom. The highest BCUT2D eigenvalue weighted by molar-refractivity contribution is 7.91. The summed E-state index contributed by atoms with van der Waals surface area (Å²) in [7, 11) is -3.45. The van der Waals surface area contributed by atoms with Crippen molar-refractivity contribution in [3.8, 4) is 0 Å². The number of likely N-dealkylation sites (tertiary alicyclic amines) is 1. The molecule has 6 nitrogen and oxygen atoms in total. The Kier molecular flexibility index (Phi) is 6.11. The predicted octanol–water partition coefficient (Wildman–Crippen LogP) is 2.58. The summed E-state index contributed by atoms with van der Waals surface area (Å²) in [5.74, 6) is 0.245. The summed E-state index contributed by atoms with van der Waals surface area (Å²) in [6.07, 6.45) is 2.21. The van der Waals surface area contributed by atoms with Crippen molar-refractivity contribution in [2.45, 2.75) is 37.3 Å². The van der Waals surface area contributed by atoms with Crippen molar-refractivity contribution in [1.29, 1.82) is 0 Å². The molecule has 0 aliphatic carbocycles. The lowest BCUT2D eigenvalue weighted by Crippen LogP contribution is -2.44. The highest BCUT2D eigenvalue weighted by Gasteiger charge is 2.26. The molecule has 2 aromatic rings. The average molecular weight is 414 g/mol. The lowest BCUT2D eigenvalue weighted by Gasteiger charge is -2.32. The molecule has 1 N–H and O–H groups in total. The number of nitrogens with one attached hydrogen (secondary N) is 1. The van der Waals surface area contributed by atoms with Crippen LogP contribution in [0.1, 0.15) is 28.4 Å². The molecule has 1 fully saturated rings. The van der Waals surface area contributed by atoms with Gasteiger partial charge in [0.15, 0.2) is 0 Å². The van der Waals surface area contributed by atoms with Gasteiger partial charge in [0, 0.05) is 24.5 Å². The fourth-order valence-corrected chi connectivity index (χ4v) is 6.24. The zero-order valence-corrected chi connectivity index (χ0v) is 17.3. The van der Waals surface area contributed by atoms with Gasteiger partial charge in [-0.2, -0.15) is 0 Å². The van der Waals surface area contributed by atoms with Crippen LogP contribution in [-0.2, 0) is 21.2 Å². The standard InChI is InChI=1S/C17H23N3O3S3/c1-12-15(25-13(2)19-12)9-16(21)20-7-3-5-14(11-20)10-18-26(22,23)17-6-4-8-24-17/h4,6,8,14,18H,3,5,7,9-11H2,1-2H3/t14-/m0/s1. The van der Waals surface area contributed by atoms with Crippen LogP contribution in [0.4, 0.5) is 0 Å². The highest BCUT2D eigenvalue weighted by atomic mass is 32.2. The van der Waals surface area contributed by atoms with Gasteiger partial charge in [-0.05, 0) is 44.1 Å². The number of nitrogens with zero attached hydrogens (tertiary/aromatic N) is 2. The topological polar surface area (TPSA) is 79.4 Å². The molecule has 0 saturated carbocycles. The minimum Gasteiger partial charge on any atom is -0.342 e. The van der Waals surface area contributed by atoms with E-state index in [1.165, 1.54) is 11.3 Å². The van der Waals surface area contributed by atoms with E-state index in [-0.39, 0.29) is 11.8 Å². The van der Waals surface area contributed by atoms with Crippen molar-refractivity contribution >= 4 is 38.6 Å². The second-order valence-electron chi connectivity index (χ2n) is 6.55. The first-order valence-corrected chi connectivity index (χ1v) is 11.8. The van der Waals surface area contributed by atoms with Crippen LogP contribution >= 0.6 is 22.7 Å². The molecule has 1 aliphatic heterocycles. The zero-order chi connectivity index (χ0) is 18.7. The van der Waals surface area contributed by atoms with Gasteiger partial charge in [0.1, 0.15) is 4.21 Å². The Bertz CT molecular complexity index is 859. The maximum Gasteiger partial charge on any atom is 0.250 e. The first kappa shape index (κ1) is 19.5. The molecule has 26 heavy (non-hydrogen) atoms. The normalized spacial score (nSPS) is 18.2. The summed E-state index contributed by atoms with van der Waals surface area (Å²) < 4.78 is 27.5. The number of hydrogen-bond donors (Lipinski definition) is 1. The number of aryl methyl sites for hydroxylation is 2. The van der Waals surface area contributed by atoms with Crippen LogP contribution < -0.4 is 4.72 Å². The average Bonchev–Trinajstić information content (AvgIpc) is 3.24. The minimum atomic E-state index is -3.45. The number of hydrogen-bond acceptors (Lipinski definition) is 6. The van der Waals surface area contributed by atoms with E-state index < -0.39 is 10.0 Å². The number of thiophene rings is 1. The molecule has 1 atom stereocenters. The first-order valence-electron chi connectivity index (χ1n) is 8.59. The molecule has 0 unspecified atom stereocenters. The van der Waals surface area contributed by atoms with Crippen molar-refractivity contribution in [2.75, 3.05) is 19.6 Å². The maximum atomic E-state index is 12.6. The molecule has 1 saturated heterocycles. The van der Waals surface area contributed by atoms with Crippen molar-refractivity contribution < 1.29 is 13.2 Å². The second-order valence-corrected chi connectivity index (χ2v) is 10.8. The summed E-state index contributed by atoms with van der Waals surface area (Å²) in [4.78, 5) is 19.9. The Balaban J connectivity index is 1.55. The second kappa shape index (κ2) is 8.16. The van der Waals surface area contributed by atoms with E-state index in [9.17, 15) is 13.2 Å². The number of carbonyl (C=O) groups excluding carboxylic acids is 1. The molecule has 1 amide bonds. The van der Waals surface area contributed by atoms with E-state index in [2.05, 4.69) is 9.71 Å². The molecule has 142 valence electrons. The van der Waals surface area contributed by atoms with Crippen LogP contribution in [0.3, 0.4) is 0 Å². The Hall–Kier alpha value is -1.29. The van der Waals surface area contributed by atoms with E-state index in [1.807, 2.05) is 18.7 Å². The SMILES string of the molecule is Cc1nc(C)c(CC(=O)N2CCC[C@@H](CNS(=O)(=O)c3cccs3)C2)s1. The fourth-order valence-electron chi connectivity index (χ4n) is 3.16. The van der Waals surface area contributed by atoms with Crippen molar-refractivity contribution in [2.24, 2.45) is 5.92 Å². The minimum absolute atomic E-state index is 0.0996. The van der Waals surface area contributed by atoms with Crippen LogP contribution in [0.15, 0.2) is 21.7 Å². The molecule has 0 spiro atoms. The predicted molar refractivity (Wildman–Crippen MR) is 104 cm³/mol. The number of aromatic nitrogens is 1. The van der Waals surface area contributed by atoms with E-state index >= 15 is 0 Å². The fraction of sp³-hybridized carbons (Fsp3) is 0.529. The van der Waals surface area contributed by atoms with Gasteiger partial charge in [-0.15, -0.1) is 22.7 Å². The van der Waals surface area contributed by atoms with Gasteiger partial charge in [0.25, 0.3) is 0 Å². The van der Waals surface area contributed by atoms with E-state index in [4.69, 9.17) is 0 Å². The number of piperidine rings is 1. The Morgan fingerprint density at radius 3 is 2.88 bits per heavy atom. The molecule has 9 heteroatoms. The monoisotopic (exact) mass is 413 g/mol. The van der Waals surface area contributed by atoms with Gasteiger partial charge >= 0.3 is 0 Å². The largest absolute Gasteiger partial charge is 0.342 e. The van der Waals surface area contributed by atoms with Crippen molar-refractivity contribution in [3.63, 3.8) is 0 Å². The van der Waals surface area contributed by atoms with Crippen molar-refractivity contribution in [1.82, 2.24) is 14.6 Å². The molecule has 1 aliphatic rings. The van der Waals surface area contributed by atoms with Gasteiger partial charge in [0.05, 0.1) is 17.1 Å². The number of sulfonamides is 1. The summed E-state index contributed by atoms with van der Waals surface area (Å²) in [6, 6.07) is 3.33. The smallest absolute Gasteiger partial charge is 0.250 e. The van der Waals surface area contributed by atoms with Gasteiger partial charge in [-0.1, -0.05) is 6.07 Å². The van der Waals surface area contributed by atoms with Crippen molar-refractivity contribution in [3.05, 3.63) is 33.1 Å². The van der Waals surface area contributed by atoms with E-state index in [1.54, 1.807) is 28.8 Å². The Labute approximate surface area is 162 Å².